The zero-order valence-electron chi connectivity index (χ0n) is 14.9. The Bertz CT molecular complexity index is 958. The molecule has 0 saturated carbocycles. The first-order valence-corrected chi connectivity index (χ1v) is 10.2. The highest BCUT2D eigenvalue weighted by molar-refractivity contribution is 7.21. The van der Waals surface area contributed by atoms with Crippen molar-refractivity contribution in [1.82, 2.24) is 10.2 Å². The lowest BCUT2D eigenvalue weighted by atomic mass is 9.83. The number of amides is 2. The van der Waals surface area contributed by atoms with Crippen molar-refractivity contribution < 1.29 is 9.59 Å². The quantitative estimate of drug-likeness (QED) is 0.784. The molecule has 0 radical (unpaired) electrons. The maximum absolute atomic E-state index is 13.1. The number of fused-ring (bicyclic) bond motifs is 4. The van der Waals surface area contributed by atoms with Crippen molar-refractivity contribution in [2.75, 3.05) is 19.6 Å². The smallest absolute Gasteiger partial charge is 0.261 e. The summed E-state index contributed by atoms with van der Waals surface area (Å²) in [6, 6.07) is 5.95. The second-order valence-electron chi connectivity index (χ2n) is 7.85. The molecule has 1 fully saturated rings. The highest BCUT2D eigenvalue weighted by Gasteiger charge is 2.36. The molecule has 26 heavy (non-hydrogen) atoms. The molecule has 1 aromatic heterocycles. The van der Waals surface area contributed by atoms with E-state index < -0.39 is 0 Å². The second kappa shape index (κ2) is 5.95. The van der Waals surface area contributed by atoms with Gasteiger partial charge in [0.1, 0.15) is 0 Å². The van der Waals surface area contributed by atoms with Crippen LogP contribution in [0.5, 0.6) is 0 Å². The van der Waals surface area contributed by atoms with Gasteiger partial charge in [-0.15, -0.1) is 11.3 Å². The number of benzene rings is 1. The molecular weight excluding hydrogens is 344 g/mol. The van der Waals surface area contributed by atoms with Crippen LogP contribution in [0.15, 0.2) is 29.8 Å². The van der Waals surface area contributed by atoms with Crippen LogP contribution in [0.2, 0.25) is 0 Å². The lowest BCUT2D eigenvalue weighted by molar-refractivity contribution is 0.0784. The Kier molecular flexibility index (Phi) is 3.67. The van der Waals surface area contributed by atoms with Gasteiger partial charge in [0.25, 0.3) is 11.8 Å². The van der Waals surface area contributed by atoms with Crippen molar-refractivity contribution in [1.29, 1.82) is 0 Å². The van der Waals surface area contributed by atoms with Crippen LogP contribution in [0.4, 0.5) is 0 Å². The SMILES string of the molecule is CC1=CC[C@H]2CN(C(=O)c3ccc4sc5c(c4c3)CCNC5=O)C[C@H]2C1. The first kappa shape index (κ1) is 16.1. The number of allylic oxidation sites excluding steroid dienone is 2. The van der Waals surface area contributed by atoms with Crippen molar-refractivity contribution in [3.05, 3.63) is 45.9 Å². The summed E-state index contributed by atoms with van der Waals surface area (Å²) in [6.45, 7) is 4.62. The normalized spacial score (nSPS) is 24.9. The molecule has 1 saturated heterocycles. The first-order chi connectivity index (χ1) is 12.6. The van der Waals surface area contributed by atoms with Crippen molar-refractivity contribution in [3.8, 4) is 0 Å². The fraction of sp³-hybridized carbons (Fsp3) is 0.429. The van der Waals surface area contributed by atoms with E-state index in [-0.39, 0.29) is 11.8 Å². The molecule has 5 rings (SSSR count). The number of hydrogen-bond acceptors (Lipinski definition) is 3. The average Bonchev–Trinajstić information content (AvgIpc) is 3.22. The summed E-state index contributed by atoms with van der Waals surface area (Å²) < 4.78 is 1.10. The topological polar surface area (TPSA) is 49.4 Å². The van der Waals surface area contributed by atoms with Crippen LogP contribution in [-0.4, -0.2) is 36.3 Å². The Labute approximate surface area is 156 Å². The third-order valence-corrected chi connectivity index (χ3v) is 7.33. The molecule has 1 aliphatic carbocycles. The van der Waals surface area contributed by atoms with E-state index in [9.17, 15) is 9.59 Å². The number of thiophene rings is 1. The van der Waals surface area contributed by atoms with Gasteiger partial charge in [-0.25, -0.2) is 0 Å². The monoisotopic (exact) mass is 366 g/mol. The molecule has 3 heterocycles. The fourth-order valence-corrected chi connectivity index (χ4v) is 5.88. The highest BCUT2D eigenvalue weighted by Crippen LogP contribution is 2.37. The Morgan fingerprint density at radius 3 is 3.00 bits per heavy atom. The predicted octanol–water partition coefficient (Wildman–Crippen LogP) is 3.62. The third kappa shape index (κ3) is 2.49. The minimum atomic E-state index is 0.0202. The summed E-state index contributed by atoms with van der Waals surface area (Å²) in [7, 11) is 0. The second-order valence-corrected chi connectivity index (χ2v) is 8.90. The van der Waals surface area contributed by atoms with Gasteiger partial charge in [-0.1, -0.05) is 11.6 Å². The maximum Gasteiger partial charge on any atom is 0.261 e. The Morgan fingerprint density at radius 1 is 1.27 bits per heavy atom. The number of carbonyl (C=O) groups excluding carboxylic acids is 2. The Morgan fingerprint density at radius 2 is 2.12 bits per heavy atom. The molecule has 0 spiro atoms. The molecule has 2 aromatic rings. The van der Waals surface area contributed by atoms with Crippen LogP contribution in [0.1, 0.15) is 45.4 Å². The summed E-state index contributed by atoms with van der Waals surface area (Å²) in [4.78, 5) is 28.0. The lowest BCUT2D eigenvalue weighted by Gasteiger charge is -2.21. The van der Waals surface area contributed by atoms with Gasteiger partial charge in [-0.3, -0.25) is 9.59 Å². The average molecular weight is 366 g/mol. The van der Waals surface area contributed by atoms with Gasteiger partial charge < -0.3 is 10.2 Å². The number of hydrogen-bond donors (Lipinski definition) is 1. The van der Waals surface area contributed by atoms with Crippen LogP contribution < -0.4 is 5.32 Å². The number of nitrogens with zero attached hydrogens (tertiary/aromatic N) is 1. The van der Waals surface area contributed by atoms with E-state index in [1.54, 1.807) is 0 Å². The first-order valence-electron chi connectivity index (χ1n) is 9.38. The van der Waals surface area contributed by atoms with Gasteiger partial charge in [-0.2, -0.15) is 0 Å². The van der Waals surface area contributed by atoms with E-state index in [1.807, 2.05) is 23.1 Å². The van der Waals surface area contributed by atoms with E-state index in [4.69, 9.17) is 0 Å². The van der Waals surface area contributed by atoms with Crippen LogP contribution >= 0.6 is 11.3 Å². The fourth-order valence-electron chi connectivity index (χ4n) is 4.73. The van der Waals surface area contributed by atoms with E-state index in [2.05, 4.69) is 18.3 Å². The molecule has 2 amide bonds. The van der Waals surface area contributed by atoms with E-state index in [0.29, 0.717) is 18.4 Å². The van der Waals surface area contributed by atoms with Gasteiger partial charge in [0.2, 0.25) is 0 Å². The molecule has 1 aromatic carbocycles. The van der Waals surface area contributed by atoms with Crippen LogP contribution in [0.25, 0.3) is 10.1 Å². The summed E-state index contributed by atoms with van der Waals surface area (Å²) in [5.41, 5.74) is 3.33. The van der Waals surface area contributed by atoms with Crippen molar-refractivity contribution in [2.45, 2.75) is 26.2 Å². The molecule has 5 heteroatoms. The minimum Gasteiger partial charge on any atom is -0.351 e. The third-order valence-electron chi connectivity index (χ3n) is 6.12. The molecule has 2 aliphatic heterocycles. The van der Waals surface area contributed by atoms with Gasteiger partial charge in [0, 0.05) is 29.9 Å². The number of carbonyl (C=O) groups is 2. The summed E-state index contributed by atoms with van der Waals surface area (Å²) in [6.07, 6.45) is 5.41. The van der Waals surface area contributed by atoms with Gasteiger partial charge >= 0.3 is 0 Å². The van der Waals surface area contributed by atoms with Crippen LogP contribution in [0, 0.1) is 11.8 Å². The molecule has 4 nitrogen and oxygen atoms in total. The maximum atomic E-state index is 13.1. The van der Waals surface area contributed by atoms with Crippen molar-refractivity contribution in [2.24, 2.45) is 11.8 Å². The highest BCUT2D eigenvalue weighted by atomic mass is 32.1. The number of rotatable bonds is 1. The van der Waals surface area contributed by atoms with Gasteiger partial charge in [0.15, 0.2) is 0 Å². The van der Waals surface area contributed by atoms with Crippen molar-refractivity contribution in [3.63, 3.8) is 0 Å². The van der Waals surface area contributed by atoms with Crippen molar-refractivity contribution >= 4 is 33.2 Å². The van der Waals surface area contributed by atoms with E-state index >= 15 is 0 Å². The van der Waals surface area contributed by atoms with Crippen LogP contribution in [0.3, 0.4) is 0 Å². The summed E-state index contributed by atoms with van der Waals surface area (Å²) in [5, 5.41) is 3.99. The number of nitrogens with one attached hydrogen (secondary N) is 1. The summed E-state index contributed by atoms with van der Waals surface area (Å²) in [5.74, 6) is 1.39. The molecule has 134 valence electrons. The zero-order chi connectivity index (χ0) is 17.8. The van der Waals surface area contributed by atoms with Gasteiger partial charge in [0.05, 0.1) is 4.88 Å². The van der Waals surface area contributed by atoms with Crippen LogP contribution in [-0.2, 0) is 6.42 Å². The largest absolute Gasteiger partial charge is 0.351 e. The molecule has 2 atom stereocenters. The zero-order valence-corrected chi connectivity index (χ0v) is 15.7. The lowest BCUT2D eigenvalue weighted by Crippen LogP contribution is -2.30. The molecule has 1 N–H and O–H groups in total. The Hall–Kier alpha value is -2.14. The van der Waals surface area contributed by atoms with E-state index in [1.165, 1.54) is 16.9 Å². The predicted molar refractivity (Wildman–Crippen MR) is 104 cm³/mol. The molecular formula is C21H22N2O2S. The minimum absolute atomic E-state index is 0.0202. The van der Waals surface area contributed by atoms with Gasteiger partial charge in [-0.05, 0) is 67.2 Å². The molecule has 0 bridgehead atoms. The van der Waals surface area contributed by atoms with E-state index in [0.717, 1.165) is 58.4 Å². The Balaban J connectivity index is 1.44. The standard InChI is InChI=1S/C21H22N2O2S/c1-12-2-3-14-10-23(11-15(14)8-12)21(25)13-4-5-18-17(9-13)16-6-7-22-20(24)19(16)26-18/h2,4-5,9,14-15H,3,6-8,10-11H2,1H3,(H,22,24)/t14-,15+/m0/s1. The molecule has 0 unspecified atom stereocenters. The summed E-state index contributed by atoms with van der Waals surface area (Å²) >= 11 is 1.53. The molecule has 3 aliphatic rings. The number of likely N-dealkylation sites (tertiary alicyclic amines) is 1.